The van der Waals surface area contributed by atoms with Gasteiger partial charge in [0.05, 0.1) is 0 Å². The minimum absolute atomic E-state index is 0.112. The van der Waals surface area contributed by atoms with E-state index in [1.54, 1.807) is 6.07 Å². The van der Waals surface area contributed by atoms with Crippen LogP contribution in [0.15, 0.2) is 24.4 Å². The summed E-state index contributed by atoms with van der Waals surface area (Å²) in [5.41, 5.74) is 5.32. The summed E-state index contributed by atoms with van der Waals surface area (Å²) in [4.78, 5) is 16.8. The fourth-order valence-corrected chi connectivity index (χ4v) is 1.01. The highest BCUT2D eigenvalue weighted by Crippen LogP contribution is 2.29. The second kappa shape index (κ2) is 3.10. The Morgan fingerprint density at radius 1 is 1.50 bits per heavy atom. The molecule has 0 atom stereocenters. The number of rotatable bonds is 2. The third kappa shape index (κ3) is 2.50. The molecule has 0 aliphatic carbocycles. The summed E-state index contributed by atoms with van der Waals surface area (Å²) in [7, 11) is -4.53. The van der Waals surface area contributed by atoms with Gasteiger partial charge in [-0.3, -0.25) is 15.5 Å². The summed E-state index contributed by atoms with van der Waals surface area (Å²) < 4.78 is 15.3. The van der Waals surface area contributed by atoms with Crippen molar-refractivity contribution in [2.45, 2.75) is 0 Å². The van der Waals surface area contributed by atoms with Crippen molar-refractivity contribution in [2.75, 3.05) is 5.73 Å². The lowest BCUT2D eigenvalue weighted by Crippen LogP contribution is -2.42. The van der Waals surface area contributed by atoms with E-state index in [9.17, 15) is 4.57 Å². The predicted octanol–water partition coefficient (Wildman–Crippen LogP) is -0.922. The van der Waals surface area contributed by atoms with Crippen molar-refractivity contribution >= 4 is 13.6 Å². The predicted molar refractivity (Wildman–Crippen MR) is 39.7 cm³/mol. The number of phosphoric acid groups is 1. The Balaban J connectivity index is 2.90. The molecule has 0 spiro atoms. The molecular formula is C5H8N2O4P+. The molecule has 7 heteroatoms. The van der Waals surface area contributed by atoms with E-state index < -0.39 is 7.82 Å². The Hall–Kier alpha value is -1.10. The number of pyridine rings is 1. The first-order chi connectivity index (χ1) is 5.49. The topological polar surface area (TPSA) is 96.7 Å². The lowest BCUT2D eigenvalue weighted by molar-refractivity contribution is -0.849. The van der Waals surface area contributed by atoms with Gasteiger partial charge in [0.1, 0.15) is 6.20 Å². The molecule has 0 fully saturated rings. The fraction of sp³-hybridized carbons (Fsp3) is 0. The average Bonchev–Trinajstić information content (AvgIpc) is 1.91. The van der Waals surface area contributed by atoms with Crippen molar-refractivity contribution in [3.8, 4) is 0 Å². The van der Waals surface area contributed by atoms with Crippen molar-refractivity contribution in [1.29, 1.82) is 0 Å². The van der Waals surface area contributed by atoms with Crippen LogP contribution >= 0.6 is 7.82 Å². The molecule has 0 aromatic carbocycles. The van der Waals surface area contributed by atoms with E-state index in [1.807, 2.05) is 0 Å². The van der Waals surface area contributed by atoms with Crippen LogP contribution < -0.4 is 15.1 Å². The standard InChI is InChI=1S/C5H7N2O4P/c6-5-3-1-2-4-7(5)11-12(8,9)10/h1-4,6H,(H2,8,9,10)/p+1. The molecule has 0 aliphatic heterocycles. The highest BCUT2D eigenvalue weighted by atomic mass is 31.2. The average molecular weight is 191 g/mol. The number of nitrogen functional groups attached to an aromatic ring is 1. The SMILES string of the molecule is Nc1cccc[n+]1OP(=O)(O)O. The van der Waals surface area contributed by atoms with Gasteiger partial charge in [0, 0.05) is 6.07 Å². The van der Waals surface area contributed by atoms with Crippen LogP contribution in [-0.2, 0) is 4.57 Å². The molecular weight excluding hydrogens is 183 g/mol. The van der Waals surface area contributed by atoms with Crippen molar-refractivity contribution in [3.05, 3.63) is 24.4 Å². The number of hydrogen-bond acceptors (Lipinski definition) is 3. The maximum Gasteiger partial charge on any atom is 0.561 e. The smallest absolute Gasteiger partial charge is 0.291 e. The first kappa shape index (κ1) is 8.99. The second-order valence-corrected chi connectivity index (χ2v) is 3.17. The zero-order valence-electron chi connectivity index (χ0n) is 5.99. The van der Waals surface area contributed by atoms with Crippen LogP contribution in [0.2, 0.25) is 0 Å². The monoisotopic (exact) mass is 191 g/mol. The zero-order chi connectivity index (χ0) is 9.19. The van der Waals surface area contributed by atoms with Gasteiger partial charge in [0.15, 0.2) is 0 Å². The molecule has 0 unspecified atom stereocenters. The molecule has 1 aromatic heterocycles. The number of anilines is 1. The summed E-state index contributed by atoms with van der Waals surface area (Å²) in [5.74, 6) is 0.112. The Morgan fingerprint density at radius 3 is 2.67 bits per heavy atom. The molecule has 0 saturated carbocycles. The van der Waals surface area contributed by atoms with E-state index in [0.717, 1.165) is 4.73 Å². The largest absolute Gasteiger partial charge is 0.561 e. The highest BCUT2D eigenvalue weighted by Gasteiger charge is 2.20. The first-order valence-corrected chi connectivity index (χ1v) is 4.54. The maximum absolute atomic E-state index is 10.3. The molecule has 1 aromatic rings. The highest BCUT2D eigenvalue weighted by molar-refractivity contribution is 7.46. The molecule has 4 N–H and O–H groups in total. The van der Waals surface area contributed by atoms with Gasteiger partial charge in [0.25, 0.3) is 0 Å². The van der Waals surface area contributed by atoms with Crippen molar-refractivity contribution in [3.63, 3.8) is 0 Å². The molecule has 66 valence electrons. The van der Waals surface area contributed by atoms with Crippen LogP contribution in [0, 0.1) is 0 Å². The molecule has 6 nitrogen and oxygen atoms in total. The molecule has 1 heterocycles. The molecule has 1 rings (SSSR count). The Bertz CT molecular complexity index is 323. The number of nitrogens with zero attached hydrogens (tertiary/aromatic N) is 1. The lowest BCUT2D eigenvalue weighted by Gasteiger charge is -2.02. The molecule has 12 heavy (non-hydrogen) atoms. The van der Waals surface area contributed by atoms with Crippen molar-refractivity contribution in [2.24, 2.45) is 0 Å². The van der Waals surface area contributed by atoms with Crippen LogP contribution in [0.1, 0.15) is 0 Å². The molecule has 0 bridgehead atoms. The Labute approximate surface area is 68.4 Å². The fourth-order valence-electron chi connectivity index (χ4n) is 0.630. The summed E-state index contributed by atoms with van der Waals surface area (Å²) in [6, 6.07) is 4.61. The van der Waals surface area contributed by atoms with Gasteiger partial charge >= 0.3 is 13.6 Å². The minimum atomic E-state index is -4.53. The maximum atomic E-state index is 10.3. The van der Waals surface area contributed by atoms with E-state index in [4.69, 9.17) is 15.5 Å². The van der Waals surface area contributed by atoms with Gasteiger partial charge < -0.3 is 0 Å². The van der Waals surface area contributed by atoms with E-state index in [1.165, 1.54) is 18.3 Å². The van der Waals surface area contributed by atoms with Crippen LogP contribution in [0.5, 0.6) is 0 Å². The van der Waals surface area contributed by atoms with Gasteiger partial charge in [-0.1, -0.05) is 6.07 Å². The van der Waals surface area contributed by atoms with Crippen LogP contribution in [0.25, 0.3) is 0 Å². The van der Waals surface area contributed by atoms with E-state index in [-0.39, 0.29) is 5.82 Å². The van der Waals surface area contributed by atoms with Crippen molar-refractivity contribution in [1.82, 2.24) is 0 Å². The molecule has 0 radical (unpaired) electrons. The second-order valence-electron chi connectivity index (χ2n) is 2.02. The van der Waals surface area contributed by atoms with Gasteiger partial charge in [-0.2, -0.15) is 0 Å². The molecule has 0 saturated heterocycles. The van der Waals surface area contributed by atoms with Gasteiger partial charge in [-0.25, -0.2) is 9.19 Å². The summed E-state index contributed by atoms with van der Waals surface area (Å²) in [6.07, 6.45) is 1.30. The van der Waals surface area contributed by atoms with Gasteiger partial charge in [-0.15, -0.1) is 0 Å². The van der Waals surface area contributed by atoms with Gasteiger partial charge in [0.2, 0.25) is 0 Å². The minimum Gasteiger partial charge on any atom is -0.291 e. The number of hydrogen-bond donors (Lipinski definition) is 3. The van der Waals surface area contributed by atoms with Crippen LogP contribution in [-0.4, -0.2) is 9.79 Å². The van der Waals surface area contributed by atoms with Crippen LogP contribution in [0.3, 0.4) is 0 Å². The van der Waals surface area contributed by atoms with Crippen molar-refractivity contribution < 1.29 is 23.7 Å². The number of aromatic nitrogens is 1. The van der Waals surface area contributed by atoms with E-state index in [2.05, 4.69) is 4.62 Å². The summed E-state index contributed by atoms with van der Waals surface area (Å²) in [6.45, 7) is 0. The molecule has 0 aliphatic rings. The Kier molecular flexibility index (Phi) is 2.32. The third-order valence-electron chi connectivity index (χ3n) is 1.05. The van der Waals surface area contributed by atoms with E-state index >= 15 is 0 Å². The van der Waals surface area contributed by atoms with E-state index in [0.29, 0.717) is 0 Å². The van der Waals surface area contributed by atoms with Crippen LogP contribution in [0.4, 0.5) is 5.82 Å². The Morgan fingerprint density at radius 2 is 2.17 bits per heavy atom. The lowest BCUT2D eigenvalue weighted by atomic mass is 10.5. The summed E-state index contributed by atoms with van der Waals surface area (Å²) >= 11 is 0. The first-order valence-electron chi connectivity index (χ1n) is 3.01. The summed E-state index contributed by atoms with van der Waals surface area (Å²) in [5, 5.41) is 0. The quantitative estimate of drug-likeness (QED) is 0.415. The normalized spacial score (nSPS) is 11.2. The zero-order valence-corrected chi connectivity index (χ0v) is 6.89. The number of nitrogens with two attached hydrogens (primary N) is 1. The molecule has 0 amide bonds. The van der Waals surface area contributed by atoms with Gasteiger partial charge in [-0.05, 0) is 10.8 Å². The third-order valence-corrected chi connectivity index (χ3v) is 1.44.